The molecule has 4 amide bonds. The van der Waals surface area contributed by atoms with Crippen molar-refractivity contribution in [3.05, 3.63) is 70.8 Å². The van der Waals surface area contributed by atoms with Crippen LogP contribution in [0.1, 0.15) is 74.0 Å². The van der Waals surface area contributed by atoms with Crippen molar-refractivity contribution in [2.75, 3.05) is 13.1 Å². The van der Waals surface area contributed by atoms with Crippen molar-refractivity contribution in [3.8, 4) is 0 Å². The van der Waals surface area contributed by atoms with E-state index >= 15 is 0 Å². The Kier molecular flexibility index (Phi) is 7.83. The molecule has 0 radical (unpaired) electrons. The predicted molar refractivity (Wildman–Crippen MR) is 152 cm³/mol. The normalized spacial score (nSPS) is 20.2. The lowest BCUT2D eigenvalue weighted by Gasteiger charge is -2.30. The summed E-state index contributed by atoms with van der Waals surface area (Å²) in [6.45, 7) is 6.95. The topological polar surface area (TPSA) is 122 Å². The fourth-order valence-electron chi connectivity index (χ4n) is 5.73. The molecule has 1 unspecified atom stereocenters. The van der Waals surface area contributed by atoms with Crippen LogP contribution in [-0.2, 0) is 42.4 Å². The summed E-state index contributed by atoms with van der Waals surface area (Å²) in [4.78, 5) is 67.7. The Morgan fingerprint density at radius 3 is 2.50 bits per heavy atom. The van der Waals surface area contributed by atoms with Gasteiger partial charge in [0.05, 0.1) is 0 Å². The average Bonchev–Trinajstić information content (AvgIpc) is 3.69. The molecule has 1 saturated heterocycles. The van der Waals surface area contributed by atoms with Crippen LogP contribution in [0.4, 0.5) is 4.79 Å². The van der Waals surface area contributed by atoms with E-state index in [0.717, 1.165) is 23.3 Å². The molecule has 2 aromatic carbocycles. The molecule has 10 heteroatoms. The number of benzene rings is 2. The third-order valence-corrected chi connectivity index (χ3v) is 8.04. The van der Waals surface area contributed by atoms with Gasteiger partial charge in [-0.3, -0.25) is 19.2 Å². The van der Waals surface area contributed by atoms with Crippen LogP contribution < -0.4 is 5.32 Å². The van der Waals surface area contributed by atoms with Crippen LogP contribution in [0.2, 0.25) is 0 Å². The molecule has 1 heterocycles. The van der Waals surface area contributed by atoms with Crippen LogP contribution in [0.25, 0.3) is 0 Å². The highest BCUT2D eigenvalue weighted by Gasteiger charge is 2.58. The number of carbonyl (C=O) groups is 5. The molecule has 2 atom stereocenters. The Bertz CT molecular complexity index is 1410. The van der Waals surface area contributed by atoms with Crippen LogP contribution in [0.3, 0.4) is 0 Å². The number of amides is 4. The summed E-state index contributed by atoms with van der Waals surface area (Å²) in [5.41, 5.74) is 0.298. The third kappa shape index (κ3) is 6.03. The van der Waals surface area contributed by atoms with Gasteiger partial charge in [-0.2, -0.15) is 0 Å². The minimum atomic E-state index is -1.52. The van der Waals surface area contributed by atoms with Gasteiger partial charge in [-0.15, -0.1) is 0 Å². The van der Waals surface area contributed by atoms with Gasteiger partial charge in [0.1, 0.15) is 18.7 Å². The largest absolute Gasteiger partial charge is 0.459 e. The molecule has 1 saturated carbocycles. The zero-order valence-electron chi connectivity index (χ0n) is 24.5. The van der Waals surface area contributed by atoms with Gasteiger partial charge in [0, 0.05) is 30.1 Å². The quantitative estimate of drug-likeness (QED) is 0.453. The number of aryl methyl sites for hydroxylation is 1. The number of carbonyl (C=O) groups excluding carboxylic acids is 5. The summed E-state index contributed by atoms with van der Waals surface area (Å²) >= 11 is 0. The van der Waals surface area contributed by atoms with E-state index in [-0.39, 0.29) is 24.9 Å². The van der Waals surface area contributed by atoms with Crippen LogP contribution in [0.15, 0.2) is 48.5 Å². The Labute approximate surface area is 245 Å². The molecule has 1 spiro atoms. The van der Waals surface area contributed by atoms with E-state index in [0.29, 0.717) is 35.6 Å². The second-order valence-electron chi connectivity index (χ2n) is 12.3. The van der Waals surface area contributed by atoms with E-state index < -0.39 is 41.6 Å². The molecule has 3 aliphatic rings. The number of hydrogen-bond donors (Lipinski definition) is 1. The van der Waals surface area contributed by atoms with Gasteiger partial charge in [-0.1, -0.05) is 36.4 Å². The number of hydrogen-bond acceptors (Lipinski definition) is 7. The molecule has 2 aromatic rings. The maximum absolute atomic E-state index is 13.7. The Hall–Kier alpha value is -4.21. The highest BCUT2D eigenvalue weighted by Crippen LogP contribution is 2.45. The Morgan fingerprint density at radius 2 is 1.83 bits per heavy atom. The van der Waals surface area contributed by atoms with Gasteiger partial charge >= 0.3 is 12.1 Å². The second kappa shape index (κ2) is 11.2. The molecule has 1 aliphatic heterocycles. The standard InChI is InChI=1S/C32H37N3O7/c1-20(22-10-11-22)34(18-21-8-6-5-7-9-21)26(36)19-35-29(39)32(42-30(35)40)15-14-23-16-24(12-13-25(23)32)28(38)33-17-27(37)41-31(2,3)4/h5-9,12-13,16,20,22H,10-11,14-15,17-19H2,1-4H3,(H,33,38)/t20?,32-/m0/s1. The van der Waals surface area contributed by atoms with Gasteiger partial charge < -0.3 is 19.7 Å². The lowest BCUT2D eigenvalue weighted by Crippen LogP contribution is -2.47. The lowest BCUT2D eigenvalue weighted by molar-refractivity contribution is -0.153. The highest BCUT2D eigenvalue weighted by molar-refractivity contribution is 6.06. The monoisotopic (exact) mass is 575 g/mol. The fourth-order valence-corrected chi connectivity index (χ4v) is 5.73. The van der Waals surface area contributed by atoms with Gasteiger partial charge in [-0.25, -0.2) is 9.69 Å². The van der Waals surface area contributed by atoms with E-state index in [9.17, 15) is 24.0 Å². The maximum atomic E-state index is 13.7. The van der Waals surface area contributed by atoms with E-state index in [1.807, 2.05) is 37.3 Å². The van der Waals surface area contributed by atoms with Gasteiger partial charge in [-0.05, 0) is 76.1 Å². The molecule has 2 aliphatic carbocycles. The molecule has 222 valence electrons. The van der Waals surface area contributed by atoms with Crippen molar-refractivity contribution in [1.82, 2.24) is 15.1 Å². The number of imide groups is 1. The van der Waals surface area contributed by atoms with Crippen molar-refractivity contribution in [1.29, 1.82) is 0 Å². The Balaban J connectivity index is 1.28. The number of ether oxygens (including phenoxy) is 2. The van der Waals surface area contributed by atoms with E-state index in [1.165, 1.54) is 6.07 Å². The first-order chi connectivity index (χ1) is 19.9. The smallest absolute Gasteiger partial charge is 0.418 e. The molecular weight excluding hydrogens is 538 g/mol. The van der Waals surface area contributed by atoms with Gasteiger partial charge in [0.25, 0.3) is 11.8 Å². The van der Waals surface area contributed by atoms with Gasteiger partial charge in [0.15, 0.2) is 0 Å². The van der Waals surface area contributed by atoms with Gasteiger partial charge in [0.2, 0.25) is 11.5 Å². The summed E-state index contributed by atoms with van der Waals surface area (Å²) in [5, 5.41) is 2.55. The van der Waals surface area contributed by atoms with Crippen molar-refractivity contribution in [2.24, 2.45) is 5.92 Å². The number of nitrogens with zero attached hydrogens (tertiary/aromatic N) is 2. The number of nitrogens with one attached hydrogen (secondary N) is 1. The van der Waals surface area contributed by atoms with Crippen LogP contribution in [0.5, 0.6) is 0 Å². The Morgan fingerprint density at radius 1 is 1.12 bits per heavy atom. The minimum absolute atomic E-state index is 0.0208. The van der Waals surface area contributed by atoms with E-state index in [1.54, 1.807) is 37.8 Å². The summed E-state index contributed by atoms with van der Waals surface area (Å²) in [6, 6.07) is 14.4. The fraction of sp³-hybridized carbons (Fsp3) is 0.469. The molecule has 2 fully saturated rings. The average molecular weight is 576 g/mol. The summed E-state index contributed by atoms with van der Waals surface area (Å²) in [7, 11) is 0. The predicted octanol–water partition coefficient (Wildman–Crippen LogP) is 3.71. The molecule has 1 N–H and O–H groups in total. The lowest BCUT2D eigenvalue weighted by atomic mass is 9.94. The highest BCUT2D eigenvalue weighted by atomic mass is 16.6. The molecule has 0 aromatic heterocycles. The van der Waals surface area contributed by atoms with Crippen LogP contribution >= 0.6 is 0 Å². The number of esters is 1. The third-order valence-electron chi connectivity index (χ3n) is 8.04. The number of fused-ring (bicyclic) bond motifs is 2. The SMILES string of the molecule is CC(C1CC1)N(Cc1ccccc1)C(=O)CN1C(=O)O[C@]2(CCc3cc(C(=O)NCC(=O)OC(C)(C)C)ccc32)C1=O. The first kappa shape index (κ1) is 29.3. The second-order valence-corrected chi connectivity index (χ2v) is 12.3. The molecule has 0 bridgehead atoms. The van der Waals surface area contributed by atoms with E-state index in [4.69, 9.17) is 9.47 Å². The van der Waals surface area contributed by atoms with Crippen LogP contribution in [-0.4, -0.2) is 64.3 Å². The van der Waals surface area contributed by atoms with Crippen molar-refractivity contribution in [2.45, 2.75) is 77.2 Å². The summed E-state index contributed by atoms with van der Waals surface area (Å²) < 4.78 is 10.9. The van der Waals surface area contributed by atoms with Crippen molar-refractivity contribution in [3.63, 3.8) is 0 Å². The minimum Gasteiger partial charge on any atom is -0.459 e. The van der Waals surface area contributed by atoms with Crippen molar-refractivity contribution < 1.29 is 33.4 Å². The molecule has 5 rings (SSSR count). The zero-order valence-corrected chi connectivity index (χ0v) is 24.5. The number of rotatable bonds is 9. The van der Waals surface area contributed by atoms with Crippen LogP contribution in [0, 0.1) is 5.92 Å². The molecular formula is C32H37N3O7. The molecule has 42 heavy (non-hydrogen) atoms. The molecule has 10 nitrogen and oxygen atoms in total. The zero-order chi connectivity index (χ0) is 30.2. The summed E-state index contributed by atoms with van der Waals surface area (Å²) in [5.74, 6) is -1.49. The first-order valence-corrected chi connectivity index (χ1v) is 14.4. The summed E-state index contributed by atoms with van der Waals surface area (Å²) in [6.07, 6.45) is 1.87. The van der Waals surface area contributed by atoms with Crippen molar-refractivity contribution >= 4 is 29.8 Å². The first-order valence-electron chi connectivity index (χ1n) is 14.4. The van der Waals surface area contributed by atoms with E-state index in [2.05, 4.69) is 5.32 Å². The maximum Gasteiger partial charge on any atom is 0.418 e.